The lowest BCUT2D eigenvalue weighted by molar-refractivity contribution is -0.141. The highest BCUT2D eigenvalue weighted by Gasteiger charge is 2.32. The van der Waals surface area contributed by atoms with Crippen molar-refractivity contribution < 1.29 is 14.7 Å². The standard InChI is InChI=1S/C13H19N3O3/c1-13(2,3)10(11(17)18)16-12(19)15-8-9-5-4-6-14-7-9/h4-7,10H,8H2,1-3H3,(H,17,18)(H2,15,16,19)/t10-/m1/s1. The number of carbonyl (C=O) groups excluding carboxylic acids is 1. The van der Waals surface area contributed by atoms with Crippen molar-refractivity contribution in [3.63, 3.8) is 0 Å². The minimum absolute atomic E-state index is 0.302. The van der Waals surface area contributed by atoms with E-state index >= 15 is 0 Å². The number of carbonyl (C=O) groups is 2. The van der Waals surface area contributed by atoms with Crippen LogP contribution in [0, 0.1) is 5.41 Å². The molecule has 1 aromatic rings. The molecule has 0 unspecified atom stereocenters. The van der Waals surface area contributed by atoms with Gasteiger partial charge in [0.2, 0.25) is 0 Å². The van der Waals surface area contributed by atoms with Crippen molar-refractivity contribution in [3.8, 4) is 0 Å². The van der Waals surface area contributed by atoms with Crippen LogP contribution in [0.3, 0.4) is 0 Å². The van der Waals surface area contributed by atoms with Crippen molar-refractivity contribution in [2.75, 3.05) is 0 Å². The van der Waals surface area contributed by atoms with E-state index in [1.54, 1.807) is 39.2 Å². The zero-order valence-electron chi connectivity index (χ0n) is 11.3. The molecular weight excluding hydrogens is 246 g/mol. The van der Waals surface area contributed by atoms with Gasteiger partial charge in [-0.05, 0) is 17.0 Å². The summed E-state index contributed by atoms with van der Waals surface area (Å²) in [5, 5.41) is 14.2. The maximum atomic E-state index is 11.7. The number of amides is 2. The first-order chi connectivity index (χ1) is 8.80. The first-order valence-electron chi connectivity index (χ1n) is 5.97. The Morgan fingerprint density at radius 3 is 2.58 bits per heavy atom. The van der Waals surface area contributed by atoms with Gasteiger partial charge in [-0.15, -0.1) is 0 Å². The van der Waals surface area contributed by atoms with E-state index in [0.29, 0.717) is 6.54 Å². The smallest absolute Gasteiger partial charge is 0.326 e. The van der Waals surface area contributed by atoms with Gasteiger partial charge in [0, 0.05) is 18.9 Å². The van der Waals surface area contributed by atoms with E-state index in [1.807, 2.05) is 6.07 Å². The van der Waals surface area contributed by atoms with Gasteiger partial charge in [-0.2, -0.15) is 0 Å². The van der Waals surface area contributed by atoms with Crippen molar-refractivity contribution in [2.24, 2.45) is 5.41 Å². The molecule has 1 rings (SSSR count). The predicted octanol–water partition coefficient (Wildman–Crippen LogP) is 1.38. The van der Waals surface area contributed by atoms with E-state index in [9.17, 15) is 9.59 Å². The van der Waals surface area contributed by atoms with Crippen LogP contribution in [0.2, 0.25) is 0 Å². The highest BCUT2D eigenvalue weighted by atomic mass is 16.4. The molecule has 3 N–H and O–H groups in total. The molecule has 0 aliphatic heterocycles. The molecule has 0 spiro atoms. The molecule has 1 atom stereocenters. The van der Waals surface area contributed by atoms with Crippen LogP contribution in [0.1, 0.15) is 26.3 Å². The van der Waals surface area contributed by atoms with Gasteiger partial charge in [0.25, 0.3) is 0 Å². The SMILES string of the molecule is CC(C)(C)[C@H](NC(=O)NCc1cccnc1)C(=O)O. The number of hydrogen-bond donors (Lipinski definition) is 3. The molecule has 1 heterocycles. The molecule has 2 amide bonds. The molecule has 6 nitrogen and oxygen atoms in total. The molecule has 0 aliphatic carbocycles. The molecule has 0 aromatic carbocycles. The Morgan fingerprint density at radius 2 is 2.11 bits per heavy atom. The van der Waals surface area contributed by atoms with Crippen LogP contribution in [0.4, 0.5) is 4.79 Å². The van der Waals surface area contributed by atoms with E-state index in [0.717, 1.165) is 5.56 Å². The normalized spacial score (nSPS) is 12.6. The Labute approximate surface area is 112 Å². The molecule has 0 radical (unpaired) electrons. The largest absolute Gasteiger partial charge is 0.480 e. The van der Waals surface area contributed by atoms with E-state index in [2.05, 4.69) is 15.6 Å². The fourth-order valence-electron chi connectivity index (χ4n) is 1.52. The van der Waals surface area contributed by atoms with Crippen molar-refractivity contribution in [3.05, 3.63) is 30.1 Å². The number of aromatic nitrogens is 1. The lowest BCUT2D eigenvalue weighted by atomic mass is 9.87. The summed E-state index contributed by atoms with van der Waals surface area (Å²) in [4.78, 5) is 26.7. The molecule has 0 saturated heterocycles. The number of nitrogens with zero attached hydrogens (tertiary/aromatic N) is 1. The Kier molecular flexibility index (Phi) is 4.86. The highest BCUT2D eigenvalue weighted by Crippen LogP contribution is 2.19. The third kappa shape index (κ3) is 4.95. The topological polar surface area (TPSA) is 91.3 Å². The minimum Gasteiger partial charge on any atom is -0.480 e. The number of rotatable bonds is 4. The number of urea groups is 1. The molecule has 1 aromatic heterocycles. The first-order valence-corrected chi connectivity index (χ1v) is 5.97. The van der Waals surface area contributed by atoms with Crippen LogP contribution in [0.5, 0.6) is 0 Å². The second kappa shape index (κ2) is 6.17. The van der Waals surface area contributed by atoms with Crippen LogP contribution >= 0.6 is 0 Å². The monoisotopic (exact) mass is 265 g/mol. The number of pyridine rings is 1. The fraction of sp³-hybridized carbons (Fsp3) is 0.462. The predicted molar refractivity (Wildman–Crippen MR) is 70.5 cm³/mol. The quantitative estimate of drug-likeness (QED) is 0.767. The molecule has 19 heavy (non-hydrogen) atoms. The summed E-state index contributed by atoms with van der Waals surface area (Å²) in [6.45, 7) is 5.57. The van der Waals surface area contributed by atoms with Crippen molar-refractivity contribution in [1.29, 1.82) is 0 Å². The van der Waals surface area contributed by atoms with E-state index in [4.69, 9.17) is 5.11 Å². The first kappa shape index (κ1) is 14.9. The van der Waals surface area contributed by atoms with E-state index in [1.165, 1.54) is 0 Å². The summed E-state index contributed by atoms with van der Waals surface area (Å²) in [5.74, 6) is -1.05. The number of carboxylic acids is 1. The van der Waals surface area contributed by atoms with Gasteiger partial charge in [-0.25, -0.2) is 9.59 Å². The van der Waals surface area contributed by atoms with Gasteiger partial charge in [-0.1, -0.05) is 26.8 Å². The molecule has 0 bridgehead atoms. The summed E-state index contributed by atoms with van der Waals surface area (Å²) >= 11 is 0. The maximum Gasteiger partial charge on any atom is 0.326 e. The molecular formula is C13H19N3O3. The van der Waals surface area contributed by atoms with Crippen molar-refractivity contribution in [2.45, 2.75) is 33.4 Å². The van der Waals surface area contributed by atoms with Gasteiger partial charge in [0.1, 0.15) is 6.04 Å². The maximum absolute atomic E-state index is 11.7. The van der Waals surface area contributed by atoms with Crippen molar-refractivity contribution in [1.82, 2.24) is 15.6 Å². The van der Waals surface area contributed by atoms with Gasteiger partial charge in [-0.3, -0.25) is 4.98 Å². The van der Waals surface area contributed by atoms with Crippen molar-refractivity contribution >= 4 is 12.0 Å². The fourth-order valence-corrected chi connectivity index (χ4v) is 1.52. The Balaban J connectivity index is 2.52. The van der Waals surface area contributed by atoms with Crippen LogP contribution < -0.4 is 10.6 Å². The summed E-state index contributed by atoms with van der Waals surface area (Å²) in [5.41, 5.74) is 0.289. The third-order valence-electron chi connectivity index (χ3n) is 2.56. The summed E-state index contributed by atoms with van der Waals surface area (Å²) < 4.78 is 0. The van der Waals surface area contributed by atoms with Gasteiger partial charge >= 0.3 is 12.0 Å². The summed E-state index contributed by atoms with van der Waals surface area (Å²) in [7, 11) is 0. The second-order valence-electron chi connectivity index (χ2n) is 5.33. The average molecular weight is 265 g/mol. The Bertz CT molecular complexity index is 440. The van der Waals surface area contributed by atoms with Crippen LogP contribution in [0.25, 0.3) is 0 Å². The number of nitrogens with one attached hydrogen (secondary N) is 2. The summed E-state index contributed by atoms with van der Waals surface area (Å²) in [6.07, 6.45) is 3.28. The highest BCUT2D eigenvalue weighted by molar-refractivity contribution is 5.83. The summed E-state index contributed by atoms with van der Waals surface area (Å²) in [6, 6.07) is 2.14. The molecule has 6 heteroatoms. The second-order valence-corrected chi connectivity index (χ2v) is 5.33. The molecule has 0 aliphatic rings. The number of hydrogen-bond acceptors (Lipinski definition) is 3. The third-order valence-corrected chi connectivity index (χ3v) is 2.56. The zero-order chi connectivity index (χ0) is 14.5. The Hall–Kier alpha value is -2.11. The van der Waals surface area contributed by atoms with Gasteiger partial charge in [0.15, 0.2) is 0 Å². The van der Waals surface area contributed by atoms with E-state index in [-0.39, 0.29) is 0 Å². The van der Waals surface area contributed by atoms with Gasteiger partial charge in [0.05, 0.1) is 0 Å². The van der Waals surface area contributed by atoms with Gasteiger partial charge < -0.3 is 15.7 Å². The van der Waals surface area contributed by atoms with Crippen LogP contribution in [0.15, 0.2) is 24.5 Å². The number of aliphatic carboxylic acids is 1. The van der Waals surface area contributed by atoms with Crippen LogP contribution in [-0.4, -0.2) is 28.1 Å². The van der Waals surface area contributed by atoms with Crippen LogP contribution in [-0.2, 0) is 11.3 Å². The molecule has 0 fully saturated rings. The molecule has 104 valence electrons. The Morgan fingerprint density at radius 1 is 1.42 bits per heavy atom. The van der Waals surface area contributed by atoms with E-state index < -0.39 is 23.5 Å². The lowest BCUT2D eigenvalue weighted by Gasteiger charge is -2.27. The lowest BCUT2D eigenvalue weighted by Crippen LogP contribution is -2.52. The molecule has 0 saturated carbocycles. The minimum atomic E-state index is -1.05. The number of carboxylic acid groups (broad SMARTS) is 1. The zero-order valence-corrected chi connectivity index (χ0v) is 11.3. The average Bonchev–Trinajstić information content (AvgIpc) is 2.33.